The number of aromatic nitrogens is 3. The molecule has 9 aromatic rings. The molecular formula is C73H87F4N10O4P3. The summed E-state index contributed by atoms with van der Waals surface area (Å²) in [6.45, 7) is 26.0. The number of hydrogen-bond donors (Lipinski definition) is 5. The summed E-state index contributed by atoms with van der Waals surface area (Å²) >= 11 is 0. The van der Waals surface area contributed by atoms with Crippen LogP contribution in [-0.4, -0.2) is 104 Å². The predicted octanol–water partition coefficient (Wildman–Crippen LogP) is 17.6. The molecule has 0 spiro atoms. The highest BCUT2D eigenvalue weighted by molar-refractivity contribution is 7.71. The number of benzene rings is 6. The standard InChI is InChI=1S/C28H37N4OP.C23H24F4N3OP.C22H26N3O2P/c1-6-32(7-2)19-21-11-13-23(14-12-21)30-28-20(3)27(25-9-8-10-26(25)31-28)29-22-15-17-24(18-16-22)34(4,5)33;1-3-32(31,4-2)17-9-7-16(8-10-17)29-21-13-20(28-15-5-6-15)22-18(23(25,26)27)11-14(24)12-19(22)30-21;1-16-21(25-12-14-27-15-13-25)19-6-4-5-7-20(19)24-22(16)23-17-8-10-18(11-9-17)28(2,3)26/h11-18H,6-10,19H2,1-5H3,(H2,29,30,31);7-13,15H,3-6H2,1-2H3,(H2,28,29,30);4-11H,12-15H2,1-3H3,(H,23,24). The highest BCUT2D eigenvalue weighted by atomic mass is 31.2. The van der Waals surface area contributed by atoms with Crippen LogP contribution in [0.15, 0.2) is 140 Å². The lowest BCUT2D eigenvalue weighted by Crippen LogP contribution is -2.36. The van der Waals surface area contributed by atoms with Gasteiger partial charge in [0.15, 0.2) is 0 Å². The molecule has 94 heavy (non-hydrogen) atoms. The largest absolute Gasteiger partial charge is 0.417 e. The number of ether oxygens (including phenoxy) is 1. The van der Waals surface area contributed by atoms with Gasteiger partial charge >= 0.3 is 6.18 Å². The molecule has 0 radical (unpaired) electrons. The van der Waals surface area contributed by atoms with E-state index in [9.17, 15) is 31.3 Å². The van der Waals surface area contributed by atoms with Crippen molar-refractivity contribution in [2.45, 2.75) is 92.4 Å². The lowest BCUT2D eigenvalue weighted by Gasteiger charge is -2.31. The minimum atomic E-state index is -4.71. The van der Waals surface area contributed by atoms with E-state index in [0.29, 0.717) is 29.9 Å². The first-order chi connectivity index (χ1) is 44.8. The Balaban J connectivity index is 0.000000155. The first kappa shape index (κ1) is 69.3. The van der Waals surface area contributed by atoms with Crippen LogP contribution in [0.2, 0.25) is 0 Å². The number of pyridine rings is 3. The van der Waals surface area contributed by atoms with Crippen molar-refractivity contribution < 1.29 is 36.0 Å². The molecule has 3 aliphatic rings. The van der Waals surface area contributed by atoms with Gasteiger partial charge in [0.1, 0.15) is 44.7 Å². The van der Waals surface area contributed by atoms with Crippen LogP contribution in [0.4, 0.5) is 74.8 Å². The van der Waals surface area contributed by atoms with Crippen molar-refractivity contribution in [2.75, 3.05) is 110 Å². The topological polar surface area (TPSA) is 166 Å². The Morgan fingerprint density at radius 3 is 1.71 bits per heavy atom. The van der Waals surface area contributed by atoms with Crippen LogP contribution < -0.4 is 47.4 Å². The van der Waals surface area contributed by atoms with Crippen LogP contribution in [0.5, 0.6) is 0 Å². The molecular weight excluding hydrogens is 1250 g/mol. The Kier molecular flexibility index (Phi) is 21.8. The van der Waals surface area contributed by atoms with Gasteiger partial charge in [-0.2, -0.15) is 13.2 Å². The van der Waals surface area contributed by atoms with E-state index in [1.165, 1.54) is 34.0 Å². The number of nitrogens with zero attached hydrogens (tertiary/aromatic N) is 5. The SMILES string of the molecule is CCN(CC)Cc1ccc(Nc2nc3c(c(Nc4ccc(P(C)(C)=O)cc4)c2C)CCC3)cc1.CCP(=O)(CC)c1ccc(Nc2cc(NC3CC3)c3c(C(F)(F)F)cc(F)cc3n2)cc1.Cc1c(Nc2ccc(P(C)(C)=O)cc2)nc2ccccc2c1N1CCOCC1. The monoisotopic (exact) mass is 1340 g/mol. The van der Waals surface area contributed by atoms with E-state index in [1.54, 1.807) is 37.6 Å². The van der Waals surface area contributed by atoms with Crippen LogP contribution in [0.1, 0.15) is 80.5 Å². The number of hydrogen-bond acceptors (Lipinski definition) is 14. The smallest absolute Gasteiger partial charge is 0.382 e. The molecule has 0 bridgehead atoms. The molecule has 4 heterocycles. The first-order valence-corrected chi connectivity index (χ1v) is 39.7. The molecule has 0 amide bonds. The minimum Gasteiger partial charge on any atom is -0.382 e. The van der Waals surface area contributed by atoms with Gasteiger partial charge in [0.2, 0.25) is 0 Å². The average molecular weight is 1340 g/mol. The van der Waals surface area contributed by atoms with E-state index in [-0.39, 0.29) is 22.6 Å². The number of fused-ring (bicyclic) bond motifs is 3. The van der Waals surface area contributed by atoms with Gasteiger partial charge in [-0.1, -0.05) is 58.0 Å². The molecule has 1 saturated heterocycles. The van der Waals surface area contributed by atoms with Crippen LogP contribution in [0.3, 0.4) is 0 Å². The summed E-state index contributed by atoms with van der Waals surface area (Å²) in [4.78, 5) is 18.9. The molecule has 1 saturated carbocycles. The maximum Gasteiger partial charge on any atom is 0.417 e. The summed E-state index contributed by atoms with van der Waals surface area (Å²) in [5.74, 6) is 1.05. The number of alkyl halides is 3. The van der Waals surface area contributed by atoms with Gasteiger partial charge in [-0.05, 0) is 194 Å². The molecule has 0 atom stereocenters. The zero-order valence-electron chi connectivity index (χ0n) is 55.5. The van der Waals surface area contributed by atoms with Crippen molar-refractivity contribution >= 4 is 116 Å². The number of anilines is 10. The van der Waals surface area contributed by atoms with Gasteiger partial charge in [-0.25, -0.2) is 19.3 Å². The van der Waals surface area contributed by atoms with E-state index >= 15 is 0 Å². The second-order valence-corrected chi connectivity index (χ2v) is 35.1. The summed E-state index contributed by atoms with van der Waals surface area (Å²) in [5.41, 5.74) is 12.2. The van der Waals surface area contributed by atoms with Crippen molar-refractivity contribution in [1.82, 2.24) is 19.9 Å². The van der Waals surface area contributed by atoms with Crippen molar-refractivity contribution in [2.24, 2.45) is 0 Å². The van der Waals surface area contributed by atoms with Gasteiger partial charge in [0.25, 0.3) is 0 Å². The van der Waals surface area contributed by atoms with E-state index < -0.39 is 39.0 Å². The Labute approximate surface area is 550 Å². The van der Waals surface area contributed by atoms with E-state index in [2.05, 4.69) is 112 Å². The normalized spacial score (nSPS) is 14.2. The van der Waals surface area contributed by atoms with Gasteiger partial charge in [-0.15, -0.1) is 0 Å². The van der Waals surface area contributed by atoms with E-state index in [0.717, 1.165) is 151 Å². The highest BCUT2D eigenvalue weighted by Gasteiger charge is 2.36. The zero-order chi connectivity index (χ0) is 67.1. The van der Waals surface area contributed by atoms with Crippen LogP contribution in [0, 0.1) is 19.7 Å². The molecule has 2 aliphatic carbocycles. The predicted molar refractivity (Wildman–Crippen MR) is 386 cm³/mol. The van der Waals surface area contributed by atoms with Crippen molar-refractivity contribution in [3.63, 3.8) is 0 Å². The summed E-state index contributed by atoms with van der Waals surface area (Å²) in [7, 11) is -6.92. The highest BCUT2D eigenvalue weighted by Crippen LogP contribution is 2.45. The molecule has 2 fully saturated rings. The van der Waals surface area contributed by atoms with Gasteiger partial charge in [0, 0.05) is 122 Å². The third-order valence-corrected chi connectivity index (χ3v) is 24.0. The number of halogens is 4. The fourth-order valence-corrected chi connectivity index (χ4v) is 15.5. The van der Waals surface area contributed by atoms with Gasteiger partial charge < -0.3 is 49.9 Å². The molecule has 6 aromatic carbocycles. The first-order valence-electron chi connectivity index (χ1n) is 32.5. The third kappa shape index (κ3) is 16.9. The summed E-state index contributed by atoms with van der Waals surface area (Å²) in [5, 5.41) is 20.5. The van der Waals surface area contributed by atoms with E-state index in [1.807, 2.05) is 81.8 Å². The molecule has 14 nitrogen and oxygen atoms in total. The average Bonchev–Trinajstić information content (AvgIpc) is 1.04. The zero-order valence-corrected chi connectivity index (χ0v) is 58.2. The number of rotatable bonds is 20. The Bertz CT molecular complexity index is 4280. The fraction of sp³-hybridized carbons (Fsp3) is 0.356. The van der Waals surface area contributed by atoms with Gasteiger partial charge in [0.05, 0.1) is 41.2 Å². The summed E-state index contributed by atoms with van der Waals surface area (Å²) in [6, 6.07) is 43.0. The Morgan fingerprint density at radius 2 is 1.16 bits per heavy atom. The second-order valence-electron chi connectivity index (χ2n) is 25.1. The van der Waals surface area contributed by atoms with Crippen LogP contribution in [0.25, 0.3) is 21.8 Å². The number of nitrogens with one attached hydrogen (secondary N) is 5. The van der Waals surface area contributed by atoms with Crippen molar-refractivity contribution in [3.05, 3.63) is 179 Å². The molecule has 5 N–H and O–H groups in total. The summed E-state index contributed by atoms with van der Waals surface area (Å²) < 4.78 is 97.9. The molecule has 1 aliphatic heterocycles. The maximum absolute atomic E-state index is 14.0. The number of morpholine rings is 1. The quantitative estimate of drug-likeness (QED) is 0.0361. The lowest BCUT2D eigenvalue weighted by atomic mass is 10.1. The Morgan fingerprint density at radius 1 is 0.617 bits per heavy atom. The molecule has 496 valence electrons. The molecule has 0 unspecified atom stereocenters. The number of aryl methyl sites for hydroxylation is 1. The van der Waals surface area contributed by atoms with Crippen LogP contribution >= 0.6 is 21.4 Å². The van der Waals surface area contributed by atoms with Crippen molar-refractivity contribution in [1.29, 1.82) is 0 Å². The summed E-state index contributed by atoms with van der Waals surface area (Å²) in [6.07, 6.45) is 1.36. The maximum atomic E-state index is 14.0. The molecule has 3 aromatic heterocycles. The Hall–Kier alpha value is -7.58. The second kappa shape index (κ2) is 29.6. The fourth-order valence-electron chi connectivity index (χ4n) is 11.9. The van der Waals surface area contributed by atoms with Gasteiger partial charge in [-0.3, -0.25) is 4.90 Å². The lowest BCUT2D eigenvalue weighted by molar-refractivity contribution is -0.136. The minimum absolute atomic E-state index is 0.0800. The van der Waals surface area contributed by atoms with Crippen LogP contribution in [-0.2, 0) is 44.0 Å². The number of para-hydroxylation sites is 1. The third-order valence-electron chi connectivity index (χ3n) is 17.7. The molecule has 12 rings (SSSR count). The van der Waals surface area contributed by atoms with E-state index in [4.69, 9.17) is 14.7 Å². The van der Waals surface area contributed by atoms with Crippen molar-refractivity contribution in [3.8, 4) is 0 Å². The molecule has 21 heteroatoms.